The molecule has 0 aliphatic heterocycles. The molecule has 0 saturated heterocycles. The summed E-state index contributed by atoms with van der Waals surface area (Å²) in [5.41, 5.74) is 3.89. The van der Waals surface area contributed by atoms with Crippen LogP contribution >= 0.6 is 0 Å². The Morgan fingerprint density at radius 2 is 1.89 bits per heavy atom. The number of aromatic nitrogens is 1. The smallest absolute Gasteiger partial charge is 0.226 e. The third-order valence-corrected chi connectivity index (χ3v) is 4.12. The second kappa shape index (κ2) is 8.68. The van der Waals surface area contributed by atoms with Gasteiger partial charge in [-0.25, -0.2) is 4.98 Å². The molecule has 0 saturated carbocycles. The second-order valence-corrected chi connectivity index (χ2v) is 6.04. The van der Waals surface area contributed by atoms with Gasteiger partial charge in [0.15, 0.2) is 0 Å². The largest absolute Gasteiger partial charge is 0.487 e. The molecule has 2 aromatic carbocycles. The monoisotopic (exact) mass is 356 g/mol. The van der Waals surface area contributed by atoms with E-state index in [0.29, 0.717) is 12.5 Å². The van der Waals surface area contributed by atoms with Crippen molar-refractivity contribution < 1.29 is 9.15 Å². The van der Waals surface area contributed by atoms with Crippen molar-refractivity contribution in [3.63, 3.8) is 0 Å². The molecule has 0 amide bonds. The Morgan fingerprint density at radius 3 is 2.59 bits per heavy atom. The lowest BCUT2D eigenvalue weighted by Crippen LogP contribution is -1.97. The molecule has 0 fully saturated rings. The number of nitriles is 1. The van der Waals surface area contributed by atoms with Crippen molar-refractivity contribution >= 4 is 5.57 Å². The molecular weight excluding hydrogens is 336 g/mol. The molecule has 1 aromatic heterocycles. The SMILES string of the molecule is CC(=CC=CC#N)c1ccc(OCc2nc(-c3ccccc3)oc2C)cc1. The number of hydrogen-bond donors (Lipinski definition) is 0. The first kappa shape index (κ1) is 18.2. The molecule has 0 radical (unpaired) electrons. The van der Waals surface area contributed by atoms with E-state index in [1.165, 1.54) is 6.08 Å². The van der Waals surface area contributed by atoms with Crippen LogP contribution in [-0.4, -0.2) is 4.98 Å². The van der Waals surface area contributed by atoms with Gasteiger partial charge < -0.3 is 9.15 Å². The summed E-state index contributed by atoms with van der Waals surface area (Å²) in [5, 5.41) is 8.53. The van der Waals surface area contributed by atoms with E-state index in [2.05, 4.69) is 4.98 Å². The zero-order valence-corrected chi connectivity index (χ0v) is 15.3. The molecule has 4 heteroatoms. The fraction of sp³-hybridized carbons (Fsp3) is 0.130. The molecule has 0 aliphatic rings. The molecule has 0 atom stereocenters. The average molecular weight is 356 g/mol. The van der Waals surface area contributed by atoms with Crippen LogP contribution in [0.3, 0.4) is 0 Å². The Labute approximate surface area is 159 Å². The van der Waals surface area contributed by atoms with E-state index in [-0.39, 0.29) is 0 Å². The molecule has 0 spiro atoms. The minimum Gasteiger partial charge on any atom is -0.487 e. The van der Waals surface area contributed by atoms with Gasteiger partial charge in [0.25, 0.3) is 0 Å². The van der Waals surface area contributed by atoms with Gasteiger partial charge in [0.1, 0.15) is 23.8 Å². The zero-order valence-electron chi connectivity index (χ0n) is 15.3. The fourth-order valence-electron chi connectivity index (χ4n) is 2.56. The maximum absolute atomic E-state index is 8.53. The van der Waals surface area contributed by atoms with E-state index in [0.717, 1.165) is 33.9 Å². The summed E-state index contributed by atoms with van der Waals surface area (Å²) in [6.07, 6.45) is 5.09. The lowest BCUT2D eigenvalue weighted by atomic mass is 10.1. The van der Waals surface area contributed by atoms with Gasteiger partial charge in [-0.05, 0) is 49.2 Å². The first-order valence-corrected chi connectivity index (χ1v) is 8.65. The van der Waals surface area contributed by atoms with Gasteiger partial charge in [-0.1, -0.05) is 42.5 Å². The lowest BCUT2D eigenvalue weighted by Gasteiger charge is -2.06. The van der Waals surface area contributed by atoms with Crippen LogP contribution in [0.5, 0.6) is 5.75 Å². The second-order valence-electron chi connectivity index (χ2n) is 6.04. The van der Waals surface area contributed by atoms with Crippen molar-refractivity contribution in [3.05, 3.63) is 89.8 Å². The molecular formula is C23H20N2O2. The van der Waals surface area contributed by atoms with E-state index < -0.39 is 0 Å². The van der Waals surface area contributed by atoms with Crippen LogP contribution in [0.2, 0.25) is 0 Å². The van der Waals surface area contributed by atoms with Gasteiger partial charge in [0.2, 0.25) is 5.89 Å². The zero-order chi connectivity index (χ0) is 19.1. The van der Waals surface area contributed by atoms with Crippen molar-refractivity contribution in [2.24, 2.45) is 0 Å². The molecule has 0 unspecified atom stereocenters. The molecule has 3 aromatic rings. The Kier molecular flexibility index (Phi) is 5.86. The van der Waals surface area contributed by atoms with Crippen LogP contribution in [0.15, 0.2) is 77.2 Å². The molecule has 4 nitrogen and oxygen atoms in total. The van der Waals surface area contributed by atoms with E-state index in [1.807, 2.05) is 80.6 Å². The number of nitrogens with zero attached hydrogens (tertiary/aromatic N) is 2. The Bertz CT molecular complexity index is 991. The van der Waals surface area contributed by atoms with E-state index in [1.54, 1.807) is 6.08 Å². The summed E-state index contributed by atoms with van der Waals surface area (Å²) in [5.74, 6) is 2.13. The minimum absolute atomic E-state index is 0.348. The van der Waals surface area contributed by atoms with E-state index >= 15 is 0 Å². The van der Waals surface area contributed by atoms with Crippen LogP contribution in [-0.2, 0) is 6.61 Å². The highest BCUT2D eigenvalue weighted by Gasteiger charge is 2.11. The summed E-state index contributed by atoms with van der Waals surface area (Å²) in [7, 11) is 0. The lowest BCUT2D eigenvalue weighted by molar-refractivity contribution is 0.299. The molecule has 0 aliphatic carbocycles. The van der Waals surface area contributed by atoms with Crippen molar-refractivity contribution in [3.8, 4) is 23.3 Å². The third-order valence-electron chi connectivity index (χ3n) is 4.12. The van der Waals surface area contributed by atoms with Crippen molar-refractivity contribution in [2.75, 3.05) is 0 Å². The van der Waals surface area contributed by atoms with Gasteiger partial charge >= 0.3 is 0 Å². The highest BCUT2D eigenvalue weighted by atomic mass is 16.5. The van der Waals surface area contributed by atoms with Crippen molar-refractivity contribution in [1.29, 1.82) is 5.26 Å². The van der Waals surface area contributed by atoms with E-state index in [4.69, 9.17) is 14.4 Å². The Morgan fingerprint density at radius 1 is 1.15 bits per heavy atom. The highest BCUT2D eigenvalue weighted by molar-refractivity contribution is 5.65. The average Bonchev–Trinajstić information content (AvgIpc) is 3.08. The summed E-state index contributed by atoms with van der Waals surface area (Å²) in [6, 6.07) is 19.6. The van der Waals surface area contributed by atoms with Gasteiger partial charge in [0.05, 0.1) is 6.07 Å². The first-order chi connectivity index (χ1) is 13.2. The highest BCUT2D eigenvalue weighted by Crippen LogP contribution is 2.23. The standard InChI is InChI=1S/C23H20N2O2/c1-17(8-6-7-15-24)19-11-13-21(14-12-19)26-16-22-18(2)27-23(25-22)20-9-4-3-5-10-20/h3-14H,16H2,1-2H3. The maximum Gasteiger partial charge on any atom is 0.226 e. The number of benzene rings is 2. The molecule has 3 rings (SSSR count). The topological polar surface area (TPSA) is 59.0 Å². The van der Waals surface area contributed by atoms with Gasteiger partial charge in [-0.3, -0.25) is 0 Å². The van der Waals surface area contributed by atoms with Crippen LogP contribution < -0.4 is 4.74 Å². The predicted octanol–water partition coefficient (Wildman–Crippen LogP) is 5.71. The minimum atomic E-state index is 0.348. The summed E-state index contributed by atoms with van der Waals surface area (Å²) in [4.78, 5) is 4.55. The number of hydrogen-bond acceptors (Lipinski definition) is 4. The molecule has 0 N–H and O–H groups in total. The summed E-state index contributed by atoms with van der Waals surface area (Å²) < 4.78 is 11.6. The number of ether oxygens (including phenoxy) is 1. The summed E-state index contributed by atoms with van der Waals surface area (Å²) in [6.45, 7) is 4.24. The van der Waals surface area contributed by atoms with Crippen LogP contribution in [0.1, 0.15) is 23.9 Å². The fourth-order valence-corrected chi connectivity index (χ4v) is 2.56. The summed E-state index contributed by atoms with van der Waals surface area (Å²) >= 11 is 0. The molecule has 134 valence electrons. The number of aryl methyl sites for hydroxylation is 1. The van der Waals surface area contributed by atoms with Gasteiger partial charge in [0, 0.05) is 11.6 Å². The van der Waals surface area contributed by atoms with Gasteiger partial charge in [-0.2, -0.15) is 5.26 Å². The number of oxazole rings is 1. The maximum atomic E-state index is 8.53. The number of rotatable bonds is 6. The van der Waals surface area contributed by atoms with Crippen molar-refractivity contribution in [2.45, 2.75) is 20.5 Å². The van der Waals surface area contributed by atoms with E-state index in [9.17, 15) is 0 Å². The van der Waals surface area contributed by atoms with Crippen molar-refractivity contribution in [1.82, 2.24) is 4.98 Å². The predicted molar refractivity (Wildman–Crippen MR) is 106 cm³/mol. The molecule has 1 heterocycles. The quantitative estimate of drug-likeness (QED) is 0.419. The van der Waals surface area contributed by atoms with Crippen LogP contribution in [0.4, 0.5) is 0 Å². The van der Waals surface area contributed by atoms with Crippen LogP contribution in [0, 0.1) is 18.3 Å². The Balaban J connectivity index is 1.66. The normalized spacial score (nSPS) is 11.5. The molecule has 27 heavy (non-hydrogen) atoms. The van der Waals surface area contributed by atoms with Crippen LogP contribution in [0.25, 0.3) is 17.0 Å². The number of allylic oxidation sites excluding steroid dienone is 4. The molecule has 0 bridgehead atoms. The third kappa shape index (κ3) is 4.74. The Hall–Kier alpha value is -3.58. The van der Waals surface area contributed by atoms with Gasteiger partial charge in [-0.15, -0.1) is 0 Å². The first-order valence-electron chi connectivity index (χ1n) is 8.65.